The molecule has 2 amide bonds. The Labute approximate surface area is 186 Å². The van der Waals surface area contributed by atoms with Gasteiger partial charge >= 0.3 is 6.03 Å². The Morgan fingerprint density at radius 2 is 1.93 bits per heavy atom. The molecule has 160 valence electrons. The zero-order valence-corrected chi connectivity index (χ0v) is 18.7. The third-order valence-electron chi connectivity index (χ3n) is 6.24. The highest BCUT2D eigenvalue weighted by atomic mass is 35.5. The predicted molar refractivity (Wildman–Crippen MR) is 117 cm³/mol. The van der Waals surface area contributed by atoms with Gasteiger partial charge in [-0.15, -0.1) is 0 Å². The highest BCUT2D eigenvalue weighted by Crippen LogP contribution is 2.40. The van der Waals surface area contributed by atoms with Gasteiger partial charge in [0.15, 0.2) is 0 Å². The first-order valence-corrected chi connectivity index (χ1v) is 10.8. The van der Waals surface area contributed by atoms with Gasteiger partial charge in [0.1, 0.15) is 0 Å². The molecule has 1 atom stereocenters. The minimum absolute atomic E-state index is 0.102. The van der Waals surface area contributed by atoms with Gasteiger partial charge in [-0.25, -0.2) is 4.79 Å². The average Bonchev–Trinajstić information content (AvgIpc) is 3.44. The summed E-state index contributed by atoms with van der Waals surface area (Å²) in [6, 6.07) is 5.63. The quantitative estimate of drug-likeness (QED) is 0.715. The number of carbonyl (C=O) groups excluding carboxylic acids is 2. The number of aromatic nitrogens is 2. The van der Waals surface area contributed by atoms with Crippen molar-refractivity contribution < 1.29 is 9.59 Å². The molecule has 4 rings (SSSR count). The van der Waals surface area contributed by atoms with Crippen molar-refractivity contribution in [3.8, 4) is 0 Å². The normalized spacial score (nSPS) is 21.5. The van der Waals surface area contributed by atoms with Crippen LogP contribution in [0.25, 0.3) is 0 Å². The summed E-state index contributed by atoms with van der Waals surface area (Å²) in [6.45, 7) is 5.70. The van der Waals surface area contributed by atoms with E-state index in [4.69, 9.17) is 23.2 Å². The van der Waals surface area contributed by atoms with Crippen LogP contribution < -0.4 is 4.90 Å². The zero-order chi connectivity index (χ0) is 21.5. The van der Waals surface area contributed by atoms with Crippen LogP contribution in [0.1, 0.15) is 25.3 Å². The Morgan fingerprint density at radius 1 is 1.17 bits per heavy atom. The van der Waals surface area contributed by atoms with Crippen LogP contribution >= 0.6 is 23.2 Å². The largest absolute Gasteiger partial charge is 0.344 e. The van der Waals surface area contributed by atoms with Gasteiger partial charge in [0.05, 0.1) is 28.1 Å². The van der Waals surface area contributed by atoms with E-state index in [1.54, 1.807) is 19.4 Å². The fraction of sp³-hybridized carbons (Fsp3) is 0.476. The highest BCUT2D eigenvalue weighted by molar-refractivity contribution is 6.42. The summed E-state index contributed by atoms with van der Waals surface area (Å²) in [4.78, 5) is 30.2. The van der Waals surface area contributed by atoms with Crippen molar-refractivity contribution in [2.45, 2.75) is 26.3 Å². The molecule has 0 N–H and O–H groups in total. The lowest BCUT2D eigenvalue weighted by atomic mass is 9.86. The van der Waals surface area contributed by atoms with Crippen LogP contribution in [-0.4, -0.2) is 64.7 Å². The van der Waals surface area contributed by atoms with E-state index >= 15 is 0 Å². The zero-order valence-electron chi connectivity index (χ0n) is 17.1. The number of halogens is 2. The van der Waals surface area contributed by atoms with E-state index < -0.39 is 0 Å². The van der Waals surface area contributed by atoms with Crippen molar-refractivity contribution in [3.63, 3.8) is 0 Å². The summed E-state index contributed by atoms with van der Waals surface area (Å²) in [5.74, 6) is -0.102. The molecule has 1 aromatic carbocycles. The van der Waals surface area contributed by atoms with E-state index in [2.05, 4.69) is 10.00 Å². The summed E-state index contributed by atoms with van der Waals surface area (Å²) in [5, 5.41) is 5.31. The molecule has 0 bridgehead atoms. The summed E-state index contributed by atoms with van der Waals surface area (Å²) >= 11 is 12.2. The third-order valence-corrected chi connectivity index (χ3v) is 6.98. The number of benzene rings is 1. The number of hydrogen-bond acceptors (Lipinski definition) is 4. The first-order chi connectivity index (χ1) is 14.3. The second-order valence-electron chi connectivity index (χ2n) is 8.38. The average molecular weight is 450 g/mol. The van der Waals surface area contributed by atoms with Crippen molar-refractivity contribution in [2.75, 3.05) is 38.1 Å². The SMILES string of the molecule is CC(=O)N(C)c1cnn(C(=O)N2CCC3(CCN(Cc4ccc(Cl)c(Cl)c4)C3)C2)c1. The van der Waals surface area contributed by atoms with Crippen LogP contribution in [0.3, 0.4) is 0 Å². The number of hydrogen-bond donors (Lipinski definition) is 0. The molecule has 2 aliphatic heterocycles. The van der Waals surface area contributed by atoms with E-state index in [0.29, 0.717) is 15.7 Å². The number of amides is 2. The van der Waals surface area contributed by atoms with E-state index in [0.717, 1.165) is 51.1 Å². The van der Waals surface area contributed by atoms with Gasteiger partial charge in [0.25, 0.3) is 0 Å². The summed E-state index contributed by atoms with van der Waals surface area (Å²) in [6.07, 6.45) is 5.20. The molecule has 1 spiro atoms. The molecule has 2 fully saturated rings. The van der Waals surface area contributed by atoms with E-state index in [1.165, 1.54) is 16.5 Å². The Kier molecular flexibility index (Phi) is 5.79. The van der Waals surface area contributed by atoms with Crippen LogP contribution in [-0.2, 0) is 11.3 Å². The first-order valence-electron chi connectivity index (χ1n) is 10.0. The van der Waals surface area contributed by atoms with Crippen molar-refractivity contribution in [1.29, 1.82) is 0 Å². The lowest BCUT2D eigenvalue weighted by Gasteiger charge is -2.24. The highest BCUT2D eigenvalue weighted by Gasteiger charge is 2.45. The number of anilines is 1. The predicted octanol–water partition coefficient (Wildman–Crippen LogP) is 3.74. The fourth-order valence-electron chi connectivity index (χ4n) is 4.41. The second kappa shape index (κ2) is 8.21. The maximum absolute atomic E-state index is 12.9. The molecule has 1 unspecified atom stereocenters. The van der Waals surface area contributed by atoms with Gasteiger partial charge in [-0.05, 0) is 37.1 Å². The Morgan fingerprint density at radius 3 is 2.67 bits per heavy atom. The molecule has 3 heterocycles. The molecule has 30 heavy (non-hydrogen) atoms. The summed E-state index contributed by atoms with van der Waals surface area (Å²) in [5.41, 5.74) is 1.88. The monoisotopic (exact) mass is 449 g/mol. The van der Waals surface area contributed by atoms with E-state index in [1.807, 2.05) is 23.1 Å². The minimum atomic E-state index is -0.141. The molecule has 2 aliphatic rings. The van der Waals surface area contributed by atoms with E-state index in [9.17, 15) is 9.59 Å². The molecule has 7 nitrogen and oxygen atoms in total. The Hall–Kier alpha value is -2.09. The number of nitrogens with zero attached hydrogens (tertiary/aromatic N) is 5. The fourth-order valence-corrected chi connectivity index (χ4v) is 4.73. The van der Waals surface area contributed by atoms with Gasteiger partial charge in [-0.3, -0.25) is 9.69 Å². The third kappa shape index (κ3) is 4.19. The van der Waals surface area contributed by atoms with Crippen LogP contribution in [0.4, 0.5) is 10.5 Å². The van der Waals surface area contributed by atoms with Crippen molar-refractivity contribution in [3.05, 3.63) is 46.2 Å². The lowest BCUT2D eigenvalue weighted by Crippen LogP contribution is -2.36. The Bertz CT molecular complexity index is 978. The molecular formula is C21H25Cl2N5O2. The summed E-state index contributed by atoms with van der Waals surface area (Å²) in [7, 11) is 1.67. The number of rotatable bonds is 3. The number of likely N-dealkylation sites (tertiary alicyclic amines) is 2. The van der Waals surface area contributed by atoms with Crippen molar-refractivity contribution >= 4 is 40.8 Å². The molecule has 0 radical (unpaired) electrons. The van der Waals surface area contributed by atoms with Crippen LogP contribution in [0, 0.1) is 5.41 Å². The maximum atomic E-state index is 12.9. The van der Waals surface area contributed by atoms with Gasteiger partial charge in [-0.2, -0.15) is 9.78 Å². The molecule has 2 aromatic rings. The van der Waals surface area contributed by atoms with Crippen LogP contribution in [0.2, 0.25) is 10.0 Å². The van der Waals surface area contributed by atoms with Gasteiger partial charge in [0.2, 0.25) is 5.91 Å². The molecule has 1 aromatic heterocycles. The van der Waals surface area contributed by atoms with Crippen LogP contribution in [0.5, 0.6) is 0 Å². The van der Waals surface area contributed by atoms with Gasteiger partial charge in [-0.1, -0.05) is 29.3 Å². The topological polar surface area (TPSA) is 61.7 Å². The maximum Gasteiger partial charge on any atom is 0.344 e. The van der Waals surface area contributed by atoms with Crippen molar-refractivity contribution in [1.82, 2.24) is 19.6 Å². The first kappa shape index (κ1) is 21.2. The van der Waals surface area contributed by atoms with Crippen LogP contribution in [0.15, 0.2) is 30.6 Å². The minimum Gasteiger partial charge on any atom is -0.322 e. The molecule has 9 heteroatoms. The van der Waals surface area contributed by atoms with Gasteiger partial charge in [0, 0.05) is 45.6 Å². The Balaban J connectivity index is 1.37. The van der Waals surface area contributed by atoms with Crippen molar-refractivity contribution in [2.24, 2.45) is 5.41 Å². The molecular weight excluding hydrogens is 425 g/mol. The van der Waals surface area contributed by atoms with E-state index in [-0.39, 0.29) is 17.4 Å². The number of carbonyl (C=O) groups is 2. The standard InChI is InChI=1S/C21H25Cl2N5O2/c1-15(29)25(2)17-10-24-28(12-17)20(30)27-8-6-21(14-27)5-7-26(13-21)11-16-3-4-18(22)19(23)9-16/h3-4,9-10,12H,5-8,11,13-14H2,1-2H3. The second-order valence-corrected chi connectivity index (χ2v) is 9.20. The van der Waals surface area contributed by atoms with Gasteiger partial charge < -0.3 is 9.80 Å². The molecule has 2 saturated heterocycles. The molecule has 0 saturated carbocycles. The summed E-state index contributed by atoms with van der Waals surface area (Å²) < 4.78 is 1.33. The lowest BCUT2D eigenvalue weighted by molar-refractivity contribution is -0.116. The smallest absolute Gasteiger partial charge is 0.322 e. The molecule has 0 aliphatic carbocycles.